The van der Waals surface area contributed by atoms with Crippen LogP contribution in [0, 0.1) is 5.82 Å². The minimum atomic E-state index is -0.681. The molecule has 0 saturated heterocycles. The summed E-state index contributed by atoms with van der Waals surface area (Å²) in [6.07, 6.45) is 3.85. The predicted octanol–water partition coefficient (Wildman–Crippen LogP) is 2.45. The van der Waals surface area contributed by atoms with Crippen LogP contribution >= 0.6 is 0 Å². The van der Waals surface area contributed by atoms with Gasteiger partial charge in [0.25, 0.3) is 5.56 Å². The van der Waals surface area contributed by atoms with Crippen LogP contribution in [0.3, 0.4) is 0 Å². The molecule has 0 radical (unpaired) electrons. The molecule has 1 amide bonds. The molecule has 0 saturated carbocycles. The highest BCUT2D eigenvalue weighted by molar-refractivity contribution is 5.91. The van der Waals surface area contributed by atoms with Gasteiger partial charge in [0.2, 0.25) is 5.91 Å². The minimum absolute atomic E-state index is 0.231. The number of H-pyrrole nitrogens is 1. The highest BCUT2D eigenvalue weighted by Gasteiger charge is 2.19. The first kappa shape index (κ1) is 20.8. The summed E-state index contributed by atoms with van der Waals surface area (Å²) >= 11 is 0. The van der Waals surface area contributed by atoms with Gasteiger partial charge in [-0.25, -0.2) is 9.18 Å². The van der Waals surface area contributed by atoms with Gasteiger partial charge in [-0.15, -0.1) is 10.2 Å². The maximum Gasteiger partial charge on any atom is 0.329 e. The van der Waals surface area contributed by atoms with E-state index in [2.05, 4.69) is 20.5 Å². The number of hydrogen-bond acceptors (Lipinski definition) is 5. The molecule has 0 fully saturated rings. The number of fused-ring (bicyclic) bond motifs is 2. The van der Waals surface area contributed by atoms with Gasteiger partial charge in [0.05, 0.1) is 16.5 Å². The molecule has 0 unspecified atom stereocenters. The molecule has 0 atom stereocenters. The van der Waals surface area contributed by atoms with E-state index in [1.165, 1.54) is 18.2 Å². The average Bonchev–Trinajstić information content (AvgIpc) is 3.05. The Balaban J connectivity index is 1.42. The van der Waals surface area contributed by atoms with Crippen LogP contribution in [0.15, 0.2) is 52.1 Å². The molecule has 168 valence electrons. The van der Waals surface area contributed by atoms with Crippen LogP contribution in [0.5, 0.6) is 0 Å². The zero-order chi connectivity index (χ0) is 22.9. The highest BCUT2D eigenvalue weighted by atomic mass is 19.1. The number of carbonyl (C=O) groups is 1. The number of aryl methyl sites for hydroxylation is 1. The molecule has 2 aromatic heterocycles. The second-order valence-corrected chi connectivity index (χ2v) is 8.01. The number of amides is 1. The van der Waals surface area contributed by atoms with Crippen LogP contribution in [-0.2, 0) is 24.3 Å². The van der Waals surface area contributed by atoms with Crippen LogP contribution in [0.4, 0.5) is 10.1 Å². The molecule has 2 N–H and O–H groups in total. The molecular formula is C23H21FN6O3. The number of hydrogen-bond donors (Lipinski definition) is 2. The predicted molar refractivity (Wildman–Crippen MR) is 120 cm³/mol. The third-order valence-electron chi connectivity index (χ3n) is 5.79. The second-order valence-electron chi connectivity index (χ2n) is 8.01. The number of nitrogens with one attached hydrogen (secondary N) is 2. The number of aromatic nitrogens is 5. The first-order valence-electron chi connectivity index (χ1n) is 10.7. The van der Waals surface area contributed by atoms with Gasteiger partial charge in [-0.1, -0.05) is 18.6 Å². The molecule has 0 bridgehead atoms. The summed E-state index contributed by atoms with van der Waals surface area (Å²) in [7, 11) is 0. The number of nitrogens with zero attached hydrogens (tertiary/aromatic N) is 4. The summed E-state index contributed by atoms with van der Waals surface area (Å²) < 4.78 is 17.4. The number of rotatable bonds is 4. The molecule has 1 aliphatic rings. The molecule has 33 heavy (non-hydrogen) atoms. The standard InChI is InChI=1S/C23H21FN6O3/c24-17-10-9-14(12-16(17)21-28-27-19-8-2-1-5-11-29(19)21)25-20(31)13-30-22(32)15-6-3-4-7-18(15)26-23(30)33/h3-4,6-7,9-10,12H,1-2,5,8,11,13H2,(H,25,31)(H,26,33). The molecular weight excluding hydrogens is 427 g/mol. The monoisotopic (exact) mass is 448 g/mol. The molecule has 0 spiro atoms. The van der Waals surface area contributed by atoms with Crippen molar-refractivity contribution in [2.45, 2.75) is 38.8 Å². The zero-order valence-corrected chi connectivity index (χ0v) is 17.7. The van der Waals surface area contributed by atoms with Gasteiger partial charge >= 0.3 is 5.69 Å². The molecule has 9 nitrogen and oxygen atoms in total. The molecule has 5 rings (SSSR count). The SMILES string of the molecule is O=C(Cn1c(=O)[nH]c2ccccc2c1=O)Nc1ccc(F)c(-c2nnc3n2CCCCC3)c1. The Bertz CT molecular complexity index is 1490. The van der Waals surface area contributed by atoms with Gasteiger partial charge in [-0.2, -0.15) is 0 Å². The zero-order valence-electron chi connectivity index (χ0n) is 17.7. The maximum atomic E-state index is 14.7. The number of anilines is 1. The molecule has 3 heterocycles. The van der Waals surface area contributed by atoms with Crippen LogP contribution in [0.25, 0.3) is 22.3 Å². The van der Waals surface area contributed by atoms with Crippen molar-refractivity contribution in [2.75, 3.05) is 5.32 Å². The van der Waals surface area contributed by atoms with E-state index in [1.54, 1.807) is 24.3 Å². The van der Waals surface area contributed by atoms with E-state index in [-0.39, 0.29) is 5.56 Å². The quantitative estimate of drug-likeness (QED) is 0.498. The lowest BCUT2D eigenvalue weighted by Gasteiger charge is -2.11. The van der Waals surface area contributed by atoms with Gasteiger partial charge in [-0.05, 0) is 43.2 Å². The minimum Gasteiger partial charge on any atom is -0.325 e. The fourth-order valence-electron chi connectivity index (χ4n) is 4.15. The Labute approximate surface area is 186 Å². The molecule has 0 aliphatic carbocycles. The summed E-state index contributed by atoms with van der Waals surface area (Å²) in [6, 6.07) is 10.7. The van der Waals surface area contributed by atoms with Crippen molar-refractivity contribution in [1.29, 1.82) is 0 Å². The topological polar surface area (TPSA) is 115 Å². The maximum absolute atomic E-state index is 14.7. The van der Waals surface area contributed by atoms with Crippen molar-refractivity contribution >= 4 is 22.5 Å². The van der Waals surface area contributed by atoms with Crippen LogP contribution < -0.4 is 16.6 Å². The summed E-state index contributed by atoms with van der Waals surface area (Å²) in [5, 5.41) is 11.3. The Hall–Kier alpha value is -4.08. The first-order valence-corrected chi connectivity index (χ1v) is 10.7. The third-order valence-corrected chi connectivity index (χ3v) is 5.79. The number of para-hydroxylation sites is 1. The lowest BCUT2D eigenvalue weighted by atomic mass is 10.1. The van der Waals surface area contributed by atoms with E-state index < -0.39 is 29.5 Å². The molecule has 1 aliphatic heterocycles. The van der Waals surface area contributed by atoms with E-state index in [4.69, 9.17) is 0 Å². The smallest absolute Gasteiger partial charge is 0.325 e. The summed E-state index contributed by atoms with van der Waals surface area (Å²) in [5.74, 6) is 0.180. The van der Waals surface area contributed by atoms with E-state index in [1.807, 2.05) is 4.57 Å². The third kappa shape index (κ3) is 3.95. The fourth-order valence-corrected chi connectivity index (χ4v) is 4.15. The highest BCUT2D eigenvalue weighted by Crippen LogP contribution is 2.27. The Morgan fingerprint density at radius 1 is 1.09 bits per heavy atom. The number of benzene rings is 2. The fraction of sp³-hybridized carbons (Fsp3) is 0.261. The van der Waals surface area contributed by atoms with Crippen LogP contribution in [-0.4, -0.2) is 30.2 Å². The van der Waals surface area contributed by atoms with Gasteiger partial charge in [0, 0.05) is 18.7 Å². The van der Waals surface area contributed by atoms with Crippen molar-refractivity contribution in [3.8, 4) is 11.4 Å². The van der Waals surface area contributed by atoms with Gasteiger partial charge in [-0.3, -0.25) is 14.2 Å². The van der Waals surface area contributed by atoms with Gasteiger partial charge < -0.3 is 14.9 Å². The van der Waals surface area contributed by atoms with Crippen LogP contribution in [0.1, 0.15) is 25.1 Å². The Morgan fingerprint density at radius 2 is 1.94 bits per heavy atom. The number of carbonyl (C=O) groups excluding carboxylic acids is 1. The van der Waals surface area contributed by atoms with Crippen molar-refractivity contribution in [2.24, 2.45) is 0 Å². The molecule has 4 aromatic rings. The number of halogens is 1. The first-order chi connectivity index (χ1) is 16.0. The summed E-state index contributed by atoms with van der Waals surface area (Å²) in [5.41, 5.74) is -0.281. The van der Waals surface area contributed by atoms with Crippen molar-refractivity contribution in [3.63, 3.8) is 0 Å². The van der Waals surface area contributed by atoms with Crippen molar-refractivity contribution in [3.05, 3.63) is 74.9 Å². The molecule has 10 heteroatoms. The Kier molecular flexibility index (Phi) is 5.33. The molecule has 2 aromatic carbocycles. The van der Waals surface area contributed by atoms with E-state index >= 15 is 0 Å². The van der Waals surface area contributed by atoms with Crippen molar-refractivity contribution in [1.82, 2.24) is 24.3 Å². The lowest BCUT2D eigenvalue weighted by Crippen LogP contribution is -2.38. The van der Waals surface area contributed by atoms with Crippen molar-refractivity contribution < 1.29 is 9.18 Å². The number of aromatic amines is 1. The second kappa shape index (κ2) is 8.45. The van der Waals surface area contributed by atoms with Gasteiger partial charge in [0.1, 0.15) is 18.2 Å². The van der Waals surface area contributed by atoms with Crippen LogP contribution in [0.2, 0.25) is 0 Å². The lowest BCUT2D eigenvalue weighted by molar-refractivity contribution is -0.116. The van der Waals surface area contributed by atoms with E-state index in [9.17, 15) is 18.8 Å². The largest absolute Gasteiger partial charge is 0.329 e. The average molecular weight is 448 g/mol. The summed E-state index contributed by atoms with van der Waals surface area (Å²) in [6.45, 7) is 0.230. The van der Waals surface area contributed by atoms with Gasteiger partial charge in [0.15, 0.2) is 5.82 Å². The van der Waals surface area contributed by atoms with E-state index in [0.717, 1.165) is 36.1 Å². The summed E-state index contributed by atoms with van der Waals surface area (Å²) in [4.78, 5) is 40.2. The van der Waals surface area contributed by atoms with E-state index in [0.29, 0.717) is 29.0 Å². The Morgan fingerprint density at radius 3 is 2.82 bits per heavy atom. The normalized spacial score (nSPS) is 13.5.